The molecule has 1 amide bonds. The number of benzene rings is 1. The van der Waals surface area contributed by atoms with Crippen molar-refractivity contribution in [1.82, 2.24) is 15.1 Å². The smallest absolute Gasteiger partial charge is 0.351 e. The van der Waals surface area contributed by atoms with E-state index in [1.165, 1.54) is 10.7 Å². The summed E-state index contributed by atoms with van der Waals surface area (Å²) in [5.74, 6) is -0.497. The number of alkyl halides is 3. The number of nitriles is 1. The van der Waals surface area contributed by atoms with Crippen molar-refractivity contribution in [1.29, 1.82) is 5.26 Å². The predicted octanol–water partition coefficient (Wildman–Crippen LogP) is 4.21. The van der Waals surface area contributed by atoms with Gasteiger partial charge in [0.2, 0.25) is 5.91 Å². The van der Waals surface area contributed by atoms with Crippen molar-refractivity contribution < 1.29 is 18.0 Å². The molecule has 1 aliphatic rings. The summed E-state index contributed by atoms with van der Waals surface area (Å²) in [5, 5.41) is 16.1. The lowest BCUT2D eigenvalue weighted by Crippen LogP contribution is -2.38. The van der Waals surface area contributed by atoms with Gasteiger partial charge in [0, 0.05) is 12.2 Å². The Bertz CT molecular complexity index is 934. The highest BCUT2D eigenvalue weighted by Crippen LogP contribution is 2.38. The number of nitrogens with one attached hydrogen (secondary N) is 1. The van der Waals surface area contributed by atoms with Crippen LogP contribution in [0.4, 0.5) is 13.2 Å². The van der Waals surface area contributed by atoms with Crippen LogP contribution in [0.5, 0.6) is 0 Å². The van der Waals surface area contributed by atoms with Gasteiger partial charge in [-0.2, -0.15) is 23.5 Å². The van der Waals surface area contributed by atoms with Gasteiger partial charge >= 0.3 is 6.18 Å². The zero-order chi connectivity index (χ0) is 20.5. The van der Waals surface area contributed by atoms with Crippen molar-refractivity contribution in [3.8, 4) is 11.8 Å². The van der Waals surface area contributed by atoms with E-state index in [0.717, 1.165) is 24.6 Å². The van der Waals surface area contributed by atoms with Gasteiger partial charge in [0.25, 0.3) is 0 Å². The number of hydrogen-bond acceptors (Lipinski definition) is 3. The zero-order valence-corrected chi connectivity index (χ0v) is 15.7. The summed E-state index contributed by atoms with van der Waals surface area (Å²) in [6.45, 7) is 3.25. The van der Waals surface area contributed by atoms with E-state index in [1.807, 2.05) is 0 Å². The fraction of sp³-hybridized carbons (Fsp3) is 0.450. The topological polar surface area (TPSA) is 70.7 Å². The Hall–Kier alpha value is -2.82. The Kier molecular flexibility index (Phi) is 5.20. The van der Waals surface area contributed by atoms with Crippen LogP contribution in [0.15, 0.2) is 24.3 Å². The number of carbonyl (C=O) groups excluding carboxylic acids is 1. The molecule has 1 fully saturated rings. The van der Waals surface area contributed by atoms with Gasteiger partial charge < -0.3 is 5.32 Å². The predicted molar refractivity (Wildman–Crippen MR) is 96.4 cm³/mol. The standard InChI is InChI=1S/C20H21F3N4O/c1-13-9-14(2)27(26-13)16-6-5-15(17(10-16)20(21,22)23)11-25-18(28)19(12-24)7-3-4-8-19/h5-6,9-10H,3-4,7-8,11H2,1-2H3,(H,25,28). The van der Waals surface area contributed by atoms with E-state index in [4.69, 9.17) is 0 Å². The maximum atomic E-state index is 13.6. The molecular weight excluding hydrogens is 369 g/mol. The van der Waals surface area contributed by atoms with Crippen LogP contribution in [0, 0.1) is 30.6 Å². The number of aryl methyl sites for hydroxylation is 2. The molecule has 5 nitrogen and oxygen atoms in total. The molecule has 148 valence electrons. The molecule has 0 atom stereocenters. The van der Waals surface area contributed by atoms with Crippen molar-refractivity contribution in [3.05, 3.63) is 46.8 Å². The molecule has 28 heavy (non-hydrogen) atoms. The number of hydrogen-bond donors (Lipinski definition) is 1. The number of carbonyl (C=O) groups is 1. The Morgan fingerprint density at radius 1 is 1.29 bits per heavy atom. The SMILES string of the molecule is Cc1cc(C)n(-c2ccc(CNC(=O)C3(C#N)CCCC3)c(C(F)(F)F)c2)n1. The lowest BCUT2D eigenvalue weighted by molar-refractivity contribution is -0.138. The third-order valence-electron chi connectivity index (χ3n) is 5.20. The first-order chi connectivity index (χ1) is 13.2. The molecule has 1 aromatic heterocycles. The Balaban J connectivity index is 1.88. The van der Waals surface area contributed by atoms with Gasteiger partial charge in [0.05, 0.1) is 23.0 Å². The Morgan fingerprint density at radius 3 is 2.50 bits per heavy atom. The molecule has 2 aromatic rings. The average molecular weight is 390 g/mol. The molecule has 1 aliphatic carbocycles. The van der Waals surface area contributed by atoms with Gasteiger partial charge in [-0.05, 0) is 50.5 Å². The summed E-state index contributed by atoms with van der Waals surface area (Å²) in [5.41, 5.74) is -0.253. The molecular formula is C20H21F3N4O. The molecule has 1 aromatic carbocycles. The number of nitrogens with zero attached hydrogens (tertiary/aromatic N) is 3. The van der Waals surface area contributed by atoms with Crippen LogP contribution in [0.1, 0.15) is 48.2 Å². The van der Waals surface area contributed by atoms with Crippen LogP contribution >= 0.6 is 0 Å². The molecule has 0 saturated heterocycles. The summed E-state index contributed by atoms with van der Waals surface area (Å²) in [6, 6.07) is 7.77. The molecule has 0 spiro atoms. The highest BCUT2D eigenvalue weighted by Gasteiger charge is 2.41. The Labute approximate surface area is 161 Å². The molecule has 1 heterocycles. The first-order valence-electron chi connectivity index (χ1n) is 9.10. The minimum Gasteiger partial charge on any atom is -0.351 e. The second-order valence-electron chi connectivity index (χ2n) is 7.26. The van der Waals surface area contributed by atoms with E-state index in [-0.39, 0.29) is 12.1 Å². The number of rotatable bonds is 4. The van der Waals surface area contributed by atoms with E-state index in [2.05, 4.69) is 16.5 Å². The maximum Gasteiger partial charge on any atom is 0.416 e. The van der Waals surface area contributed by atoms with Crippen LogP contribution in [0.3, 0.4) is 0 Å². The van der Waals surface area contributed by atoms with Gasteiger partial charge in [0.15, 0.2) is 0 Å². The largest absolute Gasteiger partial charge is 0.416 e. The molecule has 1 saturated carbocycles. The van der Waals surface area contributed by atoms with Crippen LogP contribution < -0.4 is 5.32 Å². The van der Waals surface area contributed by atoms with Gasteiger partial charge in [-0.3, -0.25) is 4.79 Å². The molecule has 0 bridgehead atoms. The number of amides is 1. The number of aromatic nitrogens is 2. The fourth-order valence-corrected chi connectivity index (χ4v) is 3.72. The van der Waals surface area contributed by atoms with E-state index in [1.54, 1.807) is 26.0 Å². The van der Waals surface area contributed by atoms with E-state index >= 15 is 0 Å². The third-order valence-corrected chi connectivity index (χ3v) is 5.20. The van der Waals surface area contributed by atoms with Crippen molar-refractivity contribution in [3.63, 3.8) is 0 Å². The molecule has 0 aliphatic heterocycles. The van der Waals surface area contributed by atoms with E-state index < -0.39 is 23.1 Å². The number of halogens is 3. The van der Waals surface area contributed by atoms with Gasteiger partial charge in [-0.1, -0.05) is 18.9 Å². The minimum absolute atomic E-state index is 0.0442. The maximum absolute atomic E-state index is 13.6. The molecule has 8 heteroatoms. The van der Waals surface area contributed by atoms with Crippen molar-refractivity contribution in [2.24, 2.45) is 5.41 Å². The van der Waals surface area contributed by atoms with E-state index in [0.29, 0.717) is 24.2 Å². The van der Waals surface area contributed by atoms with Gasteiger partial charge in [-0.25, -0.2) is 4.68 Å². The Morgan fingerprint density at radius 2 is 1.96 bits per heavy atom. The van der Waals surface area contributed by atoms with Crippen LogP contribution in [0.2, 0.25) is 0 Å². The summed E-state index contributed by atoms with van der Waals surface area (Å²) in [6.07, 6.45) is -2.15. The molecule has 1 N–H and O–H groups in total. The van der Waals surface area contributed by atoms with E-state index in [9.17, 15) is 23.2 Å². The van der Waals surface area contributed by atoms with Gasteiger partial charge in [0.1, 0.15) is 5.41 Å². The quantitative estimate of drug-likeness (QED) is 0.850. The zero-order valence-electron chi connectivity index (χ0n) is 15.7. The first-order valence-corrected chi connectivity index (χ1v) is 9.10. The lowest BCUT2D eigenvalue weighted by Gasteiger charge is -2.21. The van der Waals surface area contributed by atoms with Crippen molar-refractivity contribution >= 4 is 5.91 Å². The van der Waals surface area contributed by atoms with Gasteiger partial charge in [-0.15, -0.1) is 0 Å². The summed E-state index contributed by atoms with van der Waals surface area (Å²) in [7, 11) is 0. The summed E-state index contributed by atoms with van der Waals surface area (Å²) in [4.78, 5) is 12.4. The molecule has 0 unspecified atom stereocenters. The highest BCUT2D eigenvalue weighted by molar-refractivity contribution is 5.85. The first kappa shape index (κ1) is 19.9. The normalized spacial score (nSPS) is 16.0. The lowest BCUT2D eigenvalue weighted by atomic mass is 9.87. The monoisotopic (exact) mass is 390 g/mol. The van der Waals surface area contributed by atoms with Crippen LogP contribution in [0.25, 0.3) is 5.69 Å². The fourth-order valence-electron chi connectivity index (χ4n) is 3.72. The average Bonchev–Trinajstić information content (AvgIpc) is 3.25. The molecule has 3 rings (SSSR count). The summed E-state index contributed by atoms with van der Waals surface area (Å²) >= 11 is 0. The molecule has 0 radical (unpaired) electrons. The third kappa shape index (κ3) is 3.75. The van der Waals surface area contributed by atoms with Crippen LogP contribution in [-0.4, -0.2) is 15.7 Å². The second kappa shape index (κ2) is 7.30. The van der Waals surface area contributed by atoms with Crippen LogP contribution in [-0.2, 0) is 17.5 Å². The second-order valence-corrected chi connectivity index (χ2v) is 7.26. The van der Waals surface area contributed by atoms with Crippen molar-refractivity contribution in [2.45, 2.75) is 52.3 Å². The minimum atomic E-state index is -4.58. The van der Waals surface area contributed by atoms with Crippen molar-refractivity contribution in [2.75, 3.05) is 0 Å². The summed E-state index contributed by atoms with van der Waals surface area (Å²) < 4.78 is 42.3. The highest BCUT2D eigenvalue weighted by atomic mass is 19.4.